The number of halogens is 2. The van der Waals surface area contributed by atoms with Gasteiger partial charge in [-0.15, -0.1) is 0 Å². The van der Waals surface area contributed by atoms with Crippen molar-refractivity contribution >= 4 is 41.2 Å². The van der Waals surface area contributed by atoms with E-state index in [0.717, 1.165) is 22.6 Å². The van der Waals surface area contributed by atoms with Gasteiger partial charge >= 0.3 is 5.97 Å². The summed E-state index contributed by atoms with van der Waals surface area (Å²) in [7, 11) is 1.30. The molecule has 3 heterocycles. The number of furan rings is 1. The van der Waals surface area contributed by atoms with Gasteiger partial charge in [-0.1, -0.05) is 23.2 Å². The maximum absolute atomic E-state index is 13.4. The van der Waals surface area contributed by atoms with Gasteiger partial charge in [0.25, 0.3) is 5.91 Å². The molecular weight excluding hydrogens is 463 g/mol. The minimum absolute atomic E-state index is 0.217. The molecule has 0 spiro atoms. The summed E-state index contributed by atoms with van der Waals surface area (Å²) in [6.07, 6.45) is 3.27. The lowest BCUT2D eigenvalue weighted by Gasteiger charge is -2.16. The molecule has 1 amide bonds. The van der Waals surface area contributed by atoms with Gasteiger partial charge in [-0.3, -0.25) is 4.79 Å². The van der Waals surface area contributed by atoms with Crippen LogP contribution in [-0.2, 0) is 20.9 Å². The van der Waals surface area contributed by atoms with Crippen molar-refractivity contribution in [2.75, 3.05) is 7.11 Å². The first-order chi connectivity index (χ1) is 15.7. The first kappa shape index (κ1) is 23.0. The summed E-state index contributed by atoms with van der Waals surface area (Å²) < 4.78 is 12.4. The van der Waals surface area contributed by atoms with Crippen molar-refractivity contribution in [3.8, 4) is 5.69 Å². The van der Waals surface area contributed by atoms with Gasteiger partial charge in [0.1, 0.15) is 5.76 Å². The molecule has 3 aromatic rings. The molecule has 0 unspecified atom stereocenters. The van der Waals surface area contributed by atoms with Crippen LogP contribution in [0.15, 0.2) is 63.9 Å². The standard InChI is InChI=1S/C25H22Cl2N2O4/c1-14-10-17(15(2)29(14)22-8-7-18(26)12-21(22)27)11-20-23(25(31)32-4)16(3)28(24(20)30)13-19-6-5-9-33-19/h5-12H,13H2,1-4H3/b20-11-. The first-order valence-corrected chi connectivity index (χ1v) is 11.0. The van der Waals surface area contributed by atoms with Crippen LogP contribution in [0, 0.1) is 13.8 Å². The van der Waals surface area contributed by atoms with E-state index in [2.05, 4.69) is 0 Å². The fraction of sp³-hybridized carbons (Fsp3) is 0.200. The summed E-state index contributed by atoms with van der Waals surface area (Å²) in [5.41, 5.74) is 4.37. The summed E-state index contributed by atoms with van der Waals surface area (Å²) >= 11 is 12.5. The highest BCUT2D eigenvalue weighted by molar-refractivity contribution is 6.35. The number of amides is 1. The molecule has 1 aliphatic heterocycles. The van der Waals surface area contributed by atoms with Crippen LogP contribution in [0.2, 0.25) is 10.0 Å². The molecule has 2 aromatic heterocycles. The van der Waals surface area contributed by atoms with Crippen molar-refractivity contribution in [2.45, 2.75) is 27.3 Å². The van der Waals surface area contributed by atoms with Crippen molar-refractivity contribution in [3.63, 3.8) is 0 Å². The second-order valence-corrected chi connectivity index (χ2v) is 8.58. The lowest BCUT2D eigenvalue weighted by Crippen LogP contribution is -2.24. The molecule has 1 aromatic carbocycles. The molecule has 0 saturated carbocycles. The number of ether oxygens (including phenoxy) is 1. The van der Waals surface area contributed by atoms with Crippen molar-refractivity contribution in [2.24, 2.45) is 0 Å². The molecule has 170 valence electrons. The van der Waals surface area contributed by atoms with Gasteiger partial charge in [0.05, 0.1) is 41.8 Å². The van der Waals surface area contributed by atoms with E-state index in [9.17, 15) is 9.59 Å². The molecule has 0 atom stereocenters. The molecule has 0 bridgehead atoms. The summed E-state index contributed by atoms with van der Waals surface area (Å²) in [6, 6.07) is 10.8. The van der Waals surface area contributed by atoms with E-state index in [1.54, 1.807) is 43.5 Å². The van der Waals surface area contributed by atoms with Crippen LogP contribution < -0.4 is 0 Å². The minimum atomic E-state index is -0.566. The average Bonchev–Trinajstić information content (AvgIpc) is 3.44. The third-order valence-corrected chi connectivity index (χ3v) is 6.25. The topological polar surface area (TPSA) is 64.7 Å². The molecule has 0 aliphatic carbocycles. The zero-order chi connectivity index (χ0) is 23.9. The second-order valence-electron chi connectivity index (χ2n) is 7.74. The summed E-state index contributed by atoms with van der Waals surface area (Å²) in [6.45, 7) is 5.82. The van der Waals surface area contributed by atoms with Crippen molar-refractivity contribution < 1.29 is 18.7 Å². The molecule has 8 heteroatoms. The maximum atomic E-state index is 13.4. The third-order valence-electron chi connectivity index (χ3n) is 5.72. The van der Waals surface area contributed by atoms with Crippen LogP contribution in [0.1, 0.15) is 29.6 Å². The monoisotopic (exact) mass is 484 g/mol. The fourth-order valence-electron chi connectivity index (χ4n) is 4.10. The molecule has 0 fully saturated rings. The molecule has 0 radical (unpaired) electrons. The number of rotatable bonds is 5. The third kappa shape index (κ3) is 4.12. The minimum Gasteiger partial charge on any atom is -0.467 e. The Morgan fingerprint density at radius 2 is 1.91 bits per heavy atom. The largest absolute Gasteiger partial charge is 0.467 e. The van der Waals surface area contributed by atoms with Gasteiger partial charge < -0.3 is 18.6 Å². The van der Waals surface area contributed by atoms with Crippen LogP contribution >= 0.6 is 23.2 Å². The maximum Gasteiger partial charge on any atom is 0.340 e. The molecular formula is C25H22Cl2N2O4. The van der Waals surface area contributed by atoms with Gasteiger partial charge in [-0.2, -0.15) is 0 Å². The zero-order valence-corrected chi connectivity index (χ0v) is 20.1. The number of aryl methyl sites for hydroxylation is 1. The Balaban J connectivity index is 1.80. The smallest absolute Gasteiger partial charge is 0.340 e. The zero-order valence-electron chi connectivity index (χ0n) is 18.6. The number of esters is 1. The average molecular weight is 485 g/mol. The Morgan fingerprint density at radius 1 is 1.15 bits per heavy atom. The van der Waals surface area contributed by atoms with Gasteiger partial charge in [-0.25, -0.2) is 4.79 Å². The highest BCUT2D eigenvalue weighted by Gasteiger charge is 2.37. The van der Waals surface area contributed by atoms with E-state index in [4.69, 9.17) is 32.4 Å². The summed E-state index contributed by atoms with van der Waals surface area (Å²) in [5, 5.41) is 1.06. The molecule has 6 nitrogen and oxygen atoms in total. The van der Waals surface area contributed by atoms with E-state index in [-0.39, 0.29) is 23.6 Å². The number of allylic oxidation sites excluding steroid dienone is 1. The van der Waals surface area contributed by atoms with E-state index in [0.29, 0.717) is 21.5 Å². The fourth-order valence-corrected chi connectivity index (χ4v) is 4.59. The quantitative estimate of drug-likeness (QED) is 0.335. The van der Waals surface area contributed by atoms with Crippen LogP contribution in [0.5, 0.6) is 0 Å². The Kier molecular flexibility index (Phi) is 6.23. The lowest BCUT2D eigenvalue weighted by atomic mass is 10.0. The number of hydrogen-bond acceptors (Lipinski definition) is 4. The van der Waals surface area contributed by atoms with Crippen molar-refractivity contribution in [1.29, 1.82) is 0 Å². The Hall–Kier alpha value is -3.22. The summed E-state index contributed by atoms with van der Waals surface area (Å²) in [4.78, 5) is 27.5. The molecule has 4 rings (SSSR count). The number of benzene rings is 1. The second kappa shape index (κ2) is 8.96. The number of carbonyl (C=O) groups is 2. The number of hydrogen-bond donors (Lipinski definition) is 0. The molecule has 0 saturated heterocycles. The van der Waals surface area contributed by atoms with Crippen molar-refractivity contribution in [3.05, 3.63) is 92.3 Å². The van der Waals surface area contributed by atoms with Crippen molar-refractivity contribution in [1.82, 2.24) is 9.47 Å². The number of aromatic nitrogens is 1. The molecule has 0 N–H and O–H groups in total. The molecule has 1 aliphatic rings. The Labute approximate surface area is 201 Å². The van der Waals surface area contributed by atoms with Gasteiger partial charge in [-0.05, 0) is 68.8 Å². The van der Waals surface area contributed by atoms with E-state index in [1.807, 2.05) is 30.5 Å². The molecule has 33 heavy (non-hydrogen) atoms. The van der Waals surface area contributed by atoms with Gasteiger partial charge in [0.15, 0.2) is 0 Å². The van der Waals surface area contributed by atoms with Crippen LogP contribution in [0.3, 0.4) is 0 Å². The number of carbonyl (C=O) groups excluding carboxylic acids is 2. The SMILES string of the molecule is COC(=O)C1=C(C)N(Cc2ccco2)C(=O)/C1=C\c1cc(C)n(-c2ccc(Cl)cc2Cl)c1C. The Bertz CT molecular complexity index is 1320. The number of nitrogens with zero attached hydrogens (tertiary/aromatic N) is 2. The first-order valence-electron chi connectivity index (χ1n) is 10.2. The predicted octanol–water partition coefficient (Wildman–Crippen LogP) is 5.87. The summed E-state index contributed by atoms with van der Waals surface area (Å²) in [5.74, 6) is -0.244. The Morgan fingerprint density at radius 3 is 2.55 bits per heavy atom. The highest BCUT2D eigenvalue weighted by atomic mass is 35.5. The van der Waals surface area contributed by atoms with Gasteiger partial charge in [0, 0.05) is 22.1 Å². The predicted molar refractivity (Wildman–Crippen MR) is 127 cm³/mol. The number of methoxy groups -OCH3 is 1. The van der Waals surface area contributed by atoms with Crippen LogP contribution in [0.25, 0.3) is 11.8 Å². The normalized spacial score (nSPS) is 15.2. The van der Waals surface area contributed by atoms with E-state index >= 15 is 0 Å². The highest BCUT2D eigenvalue weighted by Crippen LogP contribution is 2.35. The van der Waals surface area contributed by atoms with E-state index in [1.165, 1.54) is 12.0 Å². The van der Waals surface area contributed by atoms with E-state index < -0.39 is 5.97 Å². The van der Waals surface area contributed by atoms with Gasteiger partial charge in [0.2, 0.25) is 0 Å². The lowest BCUT2D eigenvalue weighted by molar-refractivity contribution is -0.136. The van der Waals surface area contributed by atoms with Crippen LogP contribution in [-0.4, -0.2) is 28.5 Å². The van der Waals surface area contributed by atoms with Crippen LogP contribution in [0.4, 0.5) is 0 Å².